The fraction of sp³-hybridized carbons (Fsp3) is 0.700. The second-order valence-corrected chi connectivity index (χ2v) is 3.20. The molecule has 0 spiro atoms. The number of hydrogen-bond donors (Lipinski definition) is 0. The van der Waals surface area contributed by atoms with Crippen molar-refractivity contribution in [3.8, 4) is 0 Å². The molecule has 0 radical (unpaired) electrons. The molecule has 1 aliphatic rings. The first kappa shape index (κ1) is 9.30. The van der Waals surface area contributed by atoms with E-state index in [9.17, 15) is 4.79 Å². The van der Waals surface area contributed by atoms with Crippen LogP contribution in [0.2, 0.25) is 0 Å². The Labute approximate surface area is 73.6 Å². The zero-order chi connectivity index (χ0) is 8.81. The van der Waals surface area contributed by atoms with Gasteiger partial charge < -0.3 is 4.74 Å². The van der Waals surface area contributed by atoms with Gasteiger partial charge in [-0.2, -0.15) is 0 Å². The zero-order valence-electron chi connectivity index (χ0n) is 7.58. The van der Waals surface area contributed by atoms with E-state index < -0.39 is 0 Å². The Morgan fingerprint density at radius 2 is 2.08 bits per heavy atom. The first-order chi connectivity index (χ1) is 5.84. The van der Waals surface area contributed by atoms with Crippen molar-refractivity contribution >= 4 is 5.97 Å². The van der Waals surface area contributed by atoms with E-state index in [1.165, 1.54) is 7.11 Å². The molecule has 0 bridgehead atoms. The van der Waals surface area contributed by atoms with Crippen LogP contribution in [0.1, 0.15) is 32.1 Å². The molecular weight excluding hydrogens is 152 g/mol. The predicted octanol–water partition coefficient (Wildman–Crippen LogP) is 2.30. The highest BCUT2D eigenvalue weighted by atomic mass is 16.5. The van der Waals surface area contributed by atoms with Crippen LogP contribution < -0.4 is 0 Å². The van der Waals surface area contributed by atoms with Crippen LogP contribution in [0.15, 0.2) is 12.2 Å². The van der Waals surface area contributed by atoms with Gasteiger partial charge in [-0.25, -0.2) is 0 Å². The van der Waals surface area contributed by atoms with E-state index in [0.717, 1.165) is 32.1 Å². The van der Waals surface area contributed by atoms with Crippen LogP contribution in [0, 0.1) is 5.92 Å². The smallest absolute Gasteiger partial charge is 0.308 e. The van der Waals surface area contributed by atoms with Gasteiger partial charge in [0.15, 0.2) is 0 Å². The lowest BCUT2D eigenvalue weighted by Gasteiger charge is -2.14. The summed E-state index contributed by atoms with van der Waals surface area (Å²) in [6.07, 6.45) is 9.52. The summed E-state index contributed by atoms with van der Waals surface area (Å²) in [5.74, 6) is 0.102. The Hall–Kier alpha value is -0.790. The lowest BCUT2D eigenvalue weighted by atomic mass is 9.94. The SMILES string of the molecule is COC(=O)[C@H]1CC/C=C/CCC1. The van der Waals surface area contributed by atoms with Gasteiger partial charge in [-0.3, -0.25) is 4.79 Å². The van der Waals surface area contributed by atoms with Gasteiger partial charge in [0.2, 0.25) is 0 Å². The highest BCUT2D eigenvalue weighted by Crippen LogP contribution is 2.19. The van der Waals surface area contributed by atoms with Gasteiger partial charge in [-0.05, 0) is 32.1 Å². The van der Waals surface area contributed by atoms with Crippen molar-refractivity contribution in [2.24, 2.45) is 5.92 Å². The highest BCUT2D eigenvalue weighted by Gasteiger charge is 2.17. The molecule has 0 amide bonds. The first-order valence-electron chi connectivity index (χ1n) is 4.57. The number of carbonyl (C=O) groups is 1. The van der Waals surface area contributed by atoms with E-state index in [1.54, 1.807) is 0 Å². The van der Waals surface area contributed by atoms with E-state index in [-0.39, 0.29) is 11.9 Å². The summed E-state index contributed by atoms with van der Waals surface area (Å²) >= 11 is 0. The third-order valence-corrected chi connectivity index (χ3v) is 2.31. The molecule has 0 aromatic heterocycles. The lowest BCUT2D eigenvalue weighted by Crippen LogP contribution is -2.16. The number of hydrogen-bond acceptors (Lipinski definition) is 2. The van der Waals surface area contributed by atoms with Crippen molar-refractivity contribution < 1.29 is 9.53 Å². The van der Waals surface area contributed by atoms with Crippen molar-refractivity contribution in [1.82, 2.24) is 0 Å². The fourth-order valence-corrected chi connectivity index (χ4v) is 1.56. The summed E-state index contributed by atoms with van der Waals surface area (Å²) in [4.78, 5) is 11.2. The van der Waals surface area contributed by atoms with E-state index >= 15 is 0 Å². The van der Waals surface area contributed by atoms with Gasteiger partial charge in [0, 0.05) is 0 Å². The Morgan fingerprint density at radius 3 is 2.83 bits per heavy atom. The maximum atomic E-state index is 11.2. The molecule has 0 N–H and O–H groups in total. The third kappa shape index (κ3) is 2.68. The third-order valence-electron chi connectivity index (χ3n) is 2.31. The molecule has 0 saturated heterocycles. The van der Waals surface area contributed by atoms with Crippen molar-refractivity contribution in [2.75, 3.05) is 7.11 Å². The molecular formula is C10H16O2. The molecule has 0 fully saturated rings. The average Bonchev–Trinajstić information content (AvgIpc) is 2.02. The number of ether oxygens (including phenoxy) is 1. The molecule has 0 aromatic rings. The Kier molecular flexibility index (Phi) is 3.85. The van der Waals surface area contributed by atoms with Gasteiger partial charge in [0.05, 0.1) is 13.0 Å². The highest BCUT2D eigenvalue weighted by molar-refractivity contribution is 5.72. The van der Waals surface area contributed by atoms with Crippen molar-refractivity contribution in [2.45, 2.75) is 32.1 Å². The molecule has 0 aromatic carbocycles. The number of rotatable bonds is 1. The molecule has 0 heterocycles. The van der Waals surface area contributed by atoms with Crippen LogP contribution in [0.4, 0.5) is 0 Å². The maximum absolute atomic E-state index is 11.2. The summed E-state index contributed by atoms with van der Waals surface area (Å²) in [5, 5.41) is 0. The summed E-state index contributed by atoms with van der Waals surface area (Å²) in [7, 11) is 1.47. The van der Waals surface area contributed by atoms with Crippen LogP contribution in [0.5, 0.6) is 0 Å². The van der Waals surface area contributed by atoms with E-state index in [0.29, 0.717) is 0 Å². The summed E-state index contributed by atoms with van der Waals surface area (Å²) in [6, 6.07) is 0. The minimum Gasteiger partial charge on any atom is -0.469 e. The molecule has 12 heavy (non-hydrogen) atoms. The standard InChI is InChI=1S/C10H16O2/c1-12-10(11)9-7-5-3-2-4-6-8-9/h2-3,9H,4-8H2,1H3/b3-2+/t9-/m0/s1. The number of allylic oxidation sites excluding steroid dienone is 2. The molecule has 0 aliphatic heterocycles. The van der Waals surface area contributed by atoms with E-state index in [4.69, 9.17) is 4.74 Å². The second kappa shape index (κ2) is 4.96. The van der Waals surface area contributed by atoms with Gasteiger partial charge in [-0.1, -0.05) is 12.2 Å². The van der Waals surface area contributed by atoms with Crippen LogP contribution in [-0.4, -0.2) is 13.1 Å². The predicted molar refractivity (Wildman–Crippen MR) is 47.7 cm³/mol. The van der Waals surface area contributed by atoms with Gasteiger partial charge in [0.1, 0.15) is 0 Å². The van der Waals surface area contributed by atoms with Crippen LogP contribution >= 0.6 is 0 Å². The summed E-state index contributed by atoms with van der Waals surface area (Å²) in [6.45, 7) is 0. The van der Waals surface area contributed by atoms with Crippen LogP contribution in [0.3, 0.4) is 0 Å². The summed E-state index contributed by atoms with van der Waals surface area (Å²) in [5.41, 5.74) is 0. The Morgan fingerprint density at radius 1 is 1.33 bits per heavy atom. The van der Waals surface area contributed by atoms with Gasteiger partial charge in [0.25, 0.3) is 0 Å². The lowest BCUT2D eigenvalue weighted by molar-refractivity contribution is -0.145. The molecule has 1 aliphatic carbocycles. The fourth-order valence-electron chi connectivity index (χ4n) is 1.56. The molecule has 2 heteroatoms. The van der Waals surface area contributed by atoms with Gasteiger partial charge in [-0.15, -0.1) is 0 Å². The molecule has 0 unspecified atom stereocenters. The van der Waals surface area contributed by atoms with E-state index in [2.05, 4.69) is 12.2 Å². The molecule has 1 atom stereocenters. The van der Waals surface area contributed by atoms with Crippen LogP contribution in [-0.2, 0) is 9.53 Å². The largest absolute Gasteiger partial charge is 0.469 e. The Balaban J connectivity index is 2.42. The van der Waals surface area contributed by atoms with Crippen molar-refractivity contribution in [1.29, 1.82) is 0 Å². The van der Waals surface area contributed by atoms with Crippen LogP contribution in [0.25, 0.3) is 0 Å². The zero-order valence-corrected chi connectivity index (χ0v) is 7.58. The maximum Gasteiger partial charge on any atom is 0.308 e. The first-order valence-corrected chi connectivity index (χ1v) is 4.57. The topological polar surface area (TPSA) is 26.3 Å². The molecule has 2 nitrogen and oxygen atoms in total. The average molecular weight is 168 g/mol. The normalized spacial score (nSPS) is 26.9. The van der Waals surface area contributed by atoms with Gasteiger partial charge >= 0.3 is 5.97 Å². The van der Waals surface area contributed by atoms with Crippen molar-refractivity contribution in [3.63, 3.8) is 0 Å². The quantitative estimate of drug-likeness (QED) is 0.443. The number of carbonyl (C=O) groups excluding carboxylic acids is 1. The minimum absolute atomic E-state index is 0.0368. The second-order valence-electron chi connectivity index (χ2n) is 3.20. The number of esters is 1. The monoisotopic (exact) mass is 168 g/mol. The number of methoxy groups -OCH3 is 1. The summed E-state index contributed by atoms with van der Waals surface area (Å²) < 4.78 is 4.72. The molecule has 68 valence electrons. The van der Waals surface area contributed by atoms with E-state index in [1.807, 2.05) is 0 Å². The molecule has 0 saturated carbocycles. The van der Waals surface area contributed by atoms with Crippen molar-refractivity contribution in [3.05, 3.63) is 12.2 Å². The Bertz CT molecular complexity index is 173. The minimum atomic E-state index is -0.0368. The molecule has 1 rings (SSSR count).